The molecule has 184 valence electrons. The lowest BCUT2D eigenvalue weighted by molar-refractivity contribution is -0.137. The molecule has 0 bridgehead atoms. The zero-order valence-electron chi connectivity index (χ0n) is 21.2. The van der Waals surface area contributed by atoms with Gasteiger partial charge in [-0.2, -0.15) is 0 Å². The van der Waals surface area contributed by atoms with Gasteiger partial charge in [0, 0.05) is 5.92 Å². The van der Waals surface area contributed by atoms with Gasteiger partial charge < -0.3 is 20.4 Å². The highest BCUT2D eigenvalue weighted by molar-refractivity contribution is 5.28. The van der Waals surface area contributed by atoms with Crippen molar-refractivity contribution in [2.45, 2.75) is 117 Å². The van der Waals surface area contributed by atoms with Crippen LogP contribution in [0.4, 0.5) is 0 Å². The molecule has 4 aliphatic carbocycles. The Labute approximate surface area is 195 Å². The highest BCUT2D eigenvalue weighted by Crippen LogP contribution is 2.67. The standard InChI is InChI=1S/C28H48O4/c1-16(2)17(3)7-12-28(6,32)25-23(31)15-21-24-20(9-11-27(21,25)5)26(4)10-8-19(29)13-18(26)14-22(24)30/h14,16-17,19-25,29-32H,7-13,15H2,1-6H3/t17-,19?,20-,21-,22?,23?,24+,25-,26-,27-,28-/m0/s1. The average Bonchev–Trinajstić information content (AvgIpc) is 2.98. The van der Waals surface area contributed by atoms with Crippen LogP contribution in [-0.2, 0) is 0 Å². The summed E-state index contributed by atoms with van der Waals surface area (Å²) >= 11 is 0. The quantitative estimate of drug-likeness (QED) is 0.460. The maximum Gasteiger partial charge on any atom is 0.0757 e. The van der Waals surface area contributed by atoms with Gasteiger partial charge in [-0.1, -0.05) is 46.3 Å². The summed E-state index contributed by atoms with van der Waals surface area (Å²) in [7, 11) is 0. The number of hydrogen-bond acceptors (Lipinski definition) is 4. The Morgan fingerprint density at radius 3 is 2.41 bits per heavy atom. The van der Waals surface area contributed by atoms with E-state index in [1.807, 2.05) is 6.92 Å². The Kier molecular flexibility index (Phi) is 6.45. The van der Waals surface area contributed by atoms with Crippen LogP contribution in [0.2, 0.25) is 0 Å². The molecule has 11 atom stereocenters. The lowest BCUT2D eigenvalue weighted by Crippen LogP contribution is -2.56. The van der Waals surface area contributed by atoms with Gasteiger partial charge in [-0.3, -0.25) is 0 Å². The molecular formula is C28H48O4. The number of fused-ring (bicyclic) bond motifs is 5. The summed E-state index contributed by atoms with van der Waals surface area (Å²) in [4.78, 5) is 0. The monoisotopic (exact) mass is 448 g/mol. The van der Waals surface area contributed by atoms with Gasteiger partial charge in [0.05, 0.1) is 23.9 Å². The fourth-order valence-corrected chi connectivity index (χ4v) is 8.78. The van der Waals surface area contributed by atoms with Gasteiger partial charge in [0.2, 0.25) is 0 Å². The van der Waals surface area contributed by atoms with Crippen LogP contribution in [0.3, 0.4) is 0 Å². The van der Waals surface area contributed by atoms with E-state index in [4.69, 9.17) is 0 Å². The Morgan fingerprint density at radius 1 is 1.06 bits per heavy atom. The first kappa shape index (κ1) is 24.7. The van der Waals surface area contributed by atoms with Gasteiger partial charge in [0.1, 0.15) is 0 Å². The van der Waals surface area contributed by atoms with Crippen LogP contribution in [0.1, 0.15) is 92.9 Å². The normalized spacial score (nSPS) is 49.0. The molecule has 3 unspecified atom stereocenters. The van der Waals surface area contributed by atoms with Crippen molar-refractivity contribution in [1.29, 1.82) is 0 Å². The molecule has 0 saturated heterocycles. The van der Waals surface area contributed by atoms with E-state index >= 15 is 0 Å². The van der Waals surface area contributed by atoms with Crippen molar-refractivity contribution in [3.05, 3.63) is 11.6 Å². The van der Waals surface area contributed by atoms with Crippen molar-refractivity contribution in [3.63, 3.8) is 0 Å². The minimum atomic E-state index is -0.904. The van der Waals surface area contributed by atoms with E-state index in [1.54, 1.807) is 0 Å². The van der Waals surface area contributed by atoms with Crippen LogP contribution in [0.25, 0.3) is 0 Å². The second-order valence-electron chi connectivity index (χ2n) is 13.2. The van der Waals surface area contributed by atoms with Gasteiger partial charge in [-0.15, -0.1) is 0 Å². The topological polar surface area (TPSA) is 80.9 Å². The lowest BCUT2D eigenvalue weighted by Gasteiger charge is -2.59. The van der Waals surface area contributed by atoms with E-state index in [9.17, 15) is 20.4 Å². The van der Waals surface area contributed by atoms with Crippen LogP contribution >= 0.6 is 0 Å². The molecule has 0 spiro atoms. The lowest BCUT2D eigenvalue weighted by atomic mass is 9.46. The molecule has 0 radical (unpaired) electrons. The molecule has 4 nitrogen and oxygen atoms in total. The van der Waals surface area contributed by atoms with Crippen molar-refractivity contribution in [2.24, 2.45) is 46.3 Å². The molecule has 4 rings (SSSR count). The molecule has 0 aliphatic heterocycles. The second-order valence-corrected chi connectivity index (χ2v) is 13.2. The number of rotatable bonds is 5. The molecular weight excluding hydrogens is 400 g/mol. The summed E-state index contributed by atoms with van der Waals surface area (Å²) in [5, 5.41) is 44.6. The summed E-state index contributed by atoms with van der Waals surface area (Å²) < 4.78 is 0. The van der Waals surface area contributed by atoms with Crippen LogP contribution < -0.4 is 0 Å². The zero-order valence-corrected chi connectivity index (χ0v) is 21.2. The molecule has 0 aromatic carbocycles. The maximum absolute atomic E-state index is 11.7. The predicted molar refractivity (Wildman–Crippen MR) is 128 cm³/mol. The van der Waals surface area contributed by atoms with Gasteiger partial charge in [0.15, 0.2) is 0 Å². The van der Waals surface area contributed by atoms with Gasteiger partial charge in [-0.05, 0) is 98.7 Å². The summed E-state index contributed by atoms with van der Waals surface area (Å²) in [5.41, 5.74) is 0.224. The minimum absolute atomic E-state index is 0.0444. The number of aliphatic hydroxyl groups is 4. The Bertz CT molecular complexity index is 729. The van der Waals surface area contributed by atoms with Gasteiger partial charge >= 0.3 is 0 Å². The first-order valence-corrected chi connectivity index (χ1v) is 13.3. The Balaban J connectivity index is 1.61. The second kappa shape index (κ2) is 8.36. The minimum Gasteiger partial charge on any atom is -0.393 e. The molecule has 4 N–H and O–H groups in total. The molecule has 32 heavy (non-hydrogen) atoms. The summed E-state index contributed by atoms with van der Waals surface area (Å²) in [6.45, 7) is 13.3. The summed E-state index contributed by atoms with van der Waals surface area (Å²) in [6.07, 6.45) is 7.62. The van der Waals surface area contributed by atoms with Crippen molar-refractivity contribution in [2.75, 3.05) is 0 Å². The van der Waals surface area contributed by atoms with E-state index in [2.05, 4.69) is 40.7 Å². The van der Waals surface area contributed by atoms with Gasteiger partial charge in [0.25, 0.3) is 0 Å². The zero-order chi connectivity index (χ0) is 23.6. The van der Waals surface area contributed by atoms with Crippen molar-refractivity contribution >= 4 is 0 Å². The van der Waals surface area contributed by atoms with Gasteiger partial charge in [-0.25, -0.2) is 0 Å². The number of hydrogen-bond donors (Lipinski definition) is 4. The third kappa shape index (κ3) is 3.82. The first-order valence-electron chi connectivity index (χ1n) is 13.3. The molecule has 0 heterocycles. The highest BCUT2D eigenvalue weighted by atomic mass is 16.3. The van der Waals surface area contributed by atoms with E-state index in [1.165, 1.54) is 5.57 Å². The van der Waals surface area contributed by atoms with Crippen molar-refractivity contribution in [3.8, 4) is 0 Å². The van der Waals surface area contributed by atoms with E-state index < -0.39 is 17.8 Å². The van der Waals surface area contributed by atoms with Crippen molar-refractivity contribution < 1.29 is 20.4 Å². The molecule has 4 aliphatic rings. The van der Waals surface area contributed by atoms with Crippen LogP contribution in [0.15, 0.2) is 11.6 Å². The molecule has 4 heteroatoms. The molecule has 0 aromatic rings. The fourth-order valence-electron chi connectivity index (χ4n) is 8.78. The van der Waals surface area contributed by atoms with E-state index in [0.717, 1.165) is 32.1 Å². The number of aliphatic hydroxyl groups excluding tert-OH is 3. The first-order chi connectivity index (χ1) is 14.8. The largest absolute Gasteiger partial charge is 0.393 e. The van der Waals surface area contributed by atoms with Crippen LogP contribution in [0, 0.1) is 46.3 Å². The van der Waals surface area contributed by atoms with Crippen LogP contribution in [-0.4, -0.2) is 44.3 Å². The molecule has 3 fully saturated rings. The van der Waals surface area contributed by atoms with Crippen molar-refractivity contribution in [1.82, 2.24) is 0 Å². The van der Waals surface area contributed by atoms with E-state index in [-0.39, 0.29) is 34.7 Å². The molecule has 0 aromatic heterocycles. The Hall–Kier alpha value is -0.420. The summed E-state index contributed by atoms with van der Waals surface area (Å²) in [6, 6.07) is 0. The fraction of sp³-hybridized carbons (Fsp3) is 0.929. The predicted octanol–water partition coefficient (Wildman–Crippen LogP) is 4.69. The SMILES string of the molecule is CC(C)[C@@H](C)CC[C@](C)(O)[C@H]1C(O)C[C@H]2[C@@H]3C(O)C=C4CC(O)CC[C@]4(C)[C@H]3CC[C@@]21C. The third-order valence-electron chi connectivity index (χ3n) is 11.0. The maximum atomic E-state index is 11.7. The average molecular weight is 449 g/mol. The van der Waals surface area contributed by atoms with E-state index in [0.29, 0.717) is 37.0 Å². The molecule has 0 amide bonds. The third-order valence-corrected chi connectivity index (χ3v) is 11.0. The Morgan fingerprint density at radius 2 is 1.75 bits per heavy atom. The smallest absolute Gasteiger partial charge is 0.0757 e. The molecule has 3 saturated carbocycles. The highest BCUT2D eigenvalue weighted by Gasteiger charge is 2.65. The van der Waals surface area contributed by atoms with Crippen LogP contribution in [0.5, 0.6) is 0 Å². The summed E-state index contributed by atoms with van der Waals surface area (Å²) in [5.74, 6) is 1.71.